The van der Waals surface area contributed by atoms with Crippen LogP contribution >= 0.6 is 11.8 Å². The fourth-order valence-corrected chi connectivity index (χ4v) is 10.1. The van der Waals surface area contributed by atoms with Crippen LogP contribution in [0.15, 0.2) is 0 Å². The predicted octanol–water partition coefficient (Wildman–Crippen LogP) is 12.1. The average molecular weight is 850 g/mol. The van der Waals surface area contributed by atoms with Gasteiger partial charge in [0.15, 0.2) is 5.12 Å². The molecular formula is C46H95NO8SSi. The van der Waals surface area contributed by atoms with Crippen LogP contribution in [0.5, 0.6) is 0 Å². The molecule has 11 heteroatoms. The van der Waals surface area contributed by atoms with Crippen molar-refractivity contribution in [2.75, 3.05) is 85.5 Å². The molecule has 0 radical (unpaired) electrons. The van der Waals surface area contributed by atoms with Gasteiger partial charge < -0.3 is 37.5 Å². The first-order valence-electron chi connectivity index (χ1n) is 24.1. The van der Waals surface area contributed by atoms with Gasteiger partial charge in [0, 0.05) is 37.5 Å². The summed E-state index contributed by atoms with van der Waals surface area (Å²) < 4.78 is 43.1. The molecule has 0 heterocycles. The fraction of sp³-hybridized carbons (Fsp3) is 0.978. The van der Waals surface area contributed by atoms with Crippen LogP contribution in [0.25, 0.3) is 0 Å². The van der Waals surface area contributed by atoms with Crippen LogP contribution in [0.2, 0.25) is 6.04 Å². The van der Waals surface area contributed by atoms with Crippen molar-refractivity contribution in [3.8, 4) is 0 Å². The summed E-state index contributed by atoms with van der Waals surface area (Å²) >= 11 is 1.45. The van der Waals surface area contributed by atoms with E-state index < -0.39 is 8.80 Å². The molecule has 342 valence electrons. The molecule has 1 N–H and O–H groups in total. The zero-order valence-electron chi connectivity index (χ0n) is 38.3. The van der Waals surface area contributed by atoms with Gasteiger partial charge in [-0.25, -0.2) is 0 Å². The van der Waals surface area contributed by atoms with E-state index in [0.717, 1.165) is 70.3 Å². The largest absolute Gasteiger partial charge is 0.501 e. The van der Waals surface area contributed by atoms with Crippen molar-refractivity contribution in [3.63, 3.8) is 0 Å². The highest BCUT2D eigenvalue weighted by Crippen LogP contribution is 2.23. The Hall–Kier alpha value is -0.0831. The SMILES string of the molecule is CCCCCCCCCCCCCCCCC(CO[Si](CCCSC(=O)CCCCCCC)(OCCOCCOCCCC)OCCOCCOCCCC)NC. The van der Waals surface area contributed by atoms with Crippen molar-refractivity contribution in [1.29, 1.82) is 0 Å². The Kier molecular flexibility index (Phi) is 46.9. The van der Waals surface area contributed by atoms with Crippen molar-refractivity contribution in [3.05, 3.63) is 0 Å². The lowest BCUT2D eigenvalue weighted by atomic mass is 10.0. The minimum atomic E-state index is -3.13. The molecule has 0 aromatic heterocycles. The molecule has 0 aromatic carbocycles. The van der Waals surface area contributed by atoms with Crippen LogP contribution in [0.1, 0.15) is 195 Å². The normalized spacial score (nSPS) is 12.5. The fourth-order valence-electron chi connectivity index (χ4n) is 6.53. The van der Waals surface area contributed by atoms with Crippen LogP contribution in [0, 0.1) is 0 Å². The van der Waals surface area contributed by atoms with Crippen LogP contribution in [-0.2, 0) is 37.0 Å². The molecule has 1 atom stereocenters. The number of nitrogens with one attached hydrogen (secondary N) is 1. The third-order valence-electron chi connectivity index (χ3n) is 10.3. The zero-order chi connectivity index (χ0) is 41.6. The second kappa shape index (κ2) is 47.0. The van der Waals surface area contributed by atoms with Crippen LogP contribution in [-0.4, -0.2) is 105 Å². The quantitative estimate of drug-likeness (QED) is 0.0471. The summed E-state index contributed by atoms with van der Waals surface area (Å²) in [6, 6.07) is 0.873. The number of ether oxygens (including phenoxy) is 4. The van der Waals surface area contributed by atoms with Gasteiger partial charge in [-0.1, -0.05) is 168 Å². The zero-order valence-corrected chi connectivity index (χ0v) is 40.1. The summed E-state index contributed by atoms with van der Waals surface area (Å²) in [7, 11) is -1.11. The van der Waals surface area contributed by atoms with Gasteiger partial charge in [0.05, 0.1) is 59.5 Å². The Morgan fingerprint density at radius 2 is 0.877 bits per heavy atom. The number of hydrogen-bond acceptors (Lipinski definition) is 10. The lowest BCUT2D eigenvalue weighted by Gasteiger charge is -2.31. The number of carbonyl (C=O) groups is 1. The first kappa shape index (κ1) is 56.9. The third kappa shape index (κ3) is 41.1. The molecule has 0 aliphatic heterocycles. The molecular weight excluding hydrogens is 755 g/mol. The summed E-state index contributed by atoms with van der Waals surface area (Å²) in [6.07, 6.45) is 31.7. The average Bonchev–Trinajstić information content (AvgIpc) is 3.22. The van der Waals surface area contributed by atoms with E-state index in [1.54, 1.807) is 0 Å². The molecule has 0 rings (SSSR count). The molecule has 9 nitrogen and oxygen atoms in total. The number of thioether (sulfide) groups is 1. The Labute approximate surface area is 359 Å². The van der Waals surface area contributed by atoms with E-state index in [4.69, 9.17) is 32.2 Å². The number of unbranched alkanes of at least 4 members (excludes halogenated alkanes) is 19. The van der Waals surface area contributed by atoms with Gasteiger partial charge in [-0.05, 0) is 39.2 Å². The molecule has 0 bridgehead atoms. The van der Waals surface area contributed by atoms with Crippen LogP contribution < -0.4 is 5.32 Å². The second-order valence-corrected chi connectivity index (χ2v) is 19.6. The lowest BCUT2D eigenvalue weighted by Crippen LogP contribution is -2.50. The molecule has 57 heavy (non-hydrogen) atoms. The number of rotatable bonds is 49. The van der Waals surface area contributed by atoms with Gasteiger partial charge in [0.1, 0.15) is 0 Å². The van der Waals surface area contributed by atoms with E-state index >= 15 is 0 Å². The Balaban J connectivity index is 5.10. The van der Waals surface area contributed by atoms with E-state index in [0.29, 0.717) is 71.9 Å². The topological polar surface area (TPSA) is 93.7 Å². The maximum Gasteiger partial charge on any atom is 0.501 e. The Morgan fingerprint density at radius 3 is 1.33 bits per heavy atom. The first-order chi connectivity index (χ1) is 28.1. The van der Waals surface area contributed by atoms with Gasteiger partial charge in [0.25, 0.3) is 0 Å². The predicted molar refractivity (Wildman–Crippen MR) is 245 cm³/mol. The minimum Gasteiger partial charge on any atom is -0.379 e. The summed E-state index contributed by atoms with van der Waals surface area (Å²) in [6.45, 7) is 14.8. The smallest absolute Gasteiger partial charge is 0.379 e. The van der Waals surface area contributed by atoms with Gasteiger partial charge in [-0.3, -0.25) is 4.79 Å². The molecule has 0 saturated carbocycles. The highest BCUT2D eigenvalue weighted by atomic mass is 32.2. The summed E-state index contributed by atoms with van der Waals surface area (Å²) in [5.41, 5.74) is 0. The van der Waals surface area contributed by atoms with Crippen molar-refractivity contribution < 1.29 is 37.0 Å². The molecule has 0 fully saturated rings. The van der Waals surface area contributed by atoms with Gasteiger partial charge in [-0.15, -0.1) is 0 Å². The van der Waals surface area contributed by atoms with Gasteiger partial charge >= 0.3 is 8.80 Å². The molecule has 0 spiro atoms. The van der Waals surface area contributed by atoms with Crippen molar-refractivity contribution in [2.45, 2.75) is 207 Å². The van der Waals surface area contributed by atoms with E-state index in [9.17, 15) is 4.79 Å². The van der Waals surface area contributed by atoms with Crippen LogP contribution in [0.4, 0.5) is 0 Å². The van der Waals surface area contributed by atoms with Crippen molar-refractivity contribution in [2.24, 2.45) is 0 Å². The molecule has 0 aliphatic carbocycles. The first-order valence-corrected chi connectivity index (χ1v) is 27.0. The van der Waals surface area contributed by atoms with Crippen molar-refractivity contribution in [1.82, 2.24) is 5.32 Å². The van der Waals surface area contributed by atoms with E-state index in [2.05, 4.69) is 33.0 Å². The highest BCUT2D eigenvalue weighted by molar-refractivity contribution is 8.13. The summed E-state index contributed by atoms with van der Waals surface area (Å²) in [5, 5.41) is 3.79. The van der Waals surface area contributed by atoms with Crippen LogP contribution in [0.3, 0.4) is 0 Å². The van der Waals surface area contributed by atoms with E-state index in [1.165, 1.54) is 121 Å². The van der Waals surface area contributed by atoms with Gasteiger partial charge in [0.2, 0.25) is 0 Å². The van der Waals surface area contributed by atoms with Gasteiger partial charge in [-0.2, -0.15) is 0 Å². The second-order valence-electron chi connectivity index (χ2n) is 15.7. The summed E-state index contributed by atoms with van der Waals surface area (Å²) in [5.74, 6) is 0.740. The third-order valence-corrected chi connectivity index (χ3v) is 14.2. The highest BCUT2D eigenvalue weighted by Gasteiger charge is 2.41. The van der Waals surface area contributed by atoms with E-state index in [1.807, 2.05) is 7.05 Å². The Morgan fingerprint density at radius 1 is 0.474 bits per heavy atom. The minimum absolute atomic E-state index is 0.220. The standard InChI is InChI=1S/C46H95NO8SSi/c1-6-10-14-16-17-18-19-20-21-22-23-24-26-27-30-45(47-5)44-55-57(53-40-38-51-36-34-49-32-12-8-3,54-41-39-52-37-35-50-33-13-9-4)43-29-42-56-46(48)31-28-25-15-11-7-2/h45,47H,6-44H2,1-5H3. The van der Waals surface area contributed by atoms with E-state index in [-0.39, 0.29) is 11.2 Å². The molecule has 0 aromatic rings. The number of carbonyl (C=O) groups excluding carboxylic acids is 1. The monoisotopic (exact) mass is 850 g/mol. The maximum absolute atomic E-state index is 12.7. The lowest BCUT2D eigenvalue weighted by molar-refractivity contribution is -0.111. The molecule has 0 amide bonds. The summed E-state index contributed by atoms with van der Waals surface area (Å²) in [4.78, 5) is 12.7. The maximum atomic E-state index is 12.7. The Bertz CT molecular complexity index is 780. The van der Waals surface area contributed by atoms with Crippen molar-refractivity contribution >= 4 is 25.7 Å². The number of likely N-dealkylation sites (N-methyl/N-ethyl adjacent to an activating group) is 1. The molecule has 1 unspecified atom stereocenters. The number of hydrogen-bond donors (Lipinski definition) is 1. The molecule has 0 aliphatic rings. The molecule has 0 saturated heterocycles.